The third-order valence-electron chi connectivity index (χ3n) is 1.89. The second-order valence-electron chi connectivity index (χ2n) is 3.15. The van der Waals surface area contributed by atoms with Crippen LogP contribution in [-0.4, -0.2) is 46.2 Å². The van der Waals surface area contributed by atoms with Gasteiger partial charge in [0.05, 0.1) is 12.0 Å². The van der Waals surface area contributed by atoms with Gasteiger partial charge in [0.15, 0.2) is 9.50 Å². The lowest BCUT2D eigenvalue weighted by Gasteiger charge is -2.34. The van der Waals surface area contributed by atoms with E-state index in [-0.39, 0.29) is 11.0 Å². The zero-order valence-corrected chi connectivity index (χ0v) is 10.6. The number of halogens is 1. The van der Waals surface area contributed by atoms with Gasteiger partial charge < -0.3 is 14.5 Å². The van der Waals surface area contributed by atoms with Crippen molar-refractivity contribution >= 4 is 28.9 Å². The topological polar surface area (TPSA) is 84.1 Å². The molecule has 1 aliphatic heterocycles. The van der Waals surface area contributed by atoms with E-state index in [4.69, 9.17) is 21.8 Å². The number of thiazole rings is 1. The third-order valence-corrected chi connectivity index (χ3v) is 2.99. The summed E-state index contributed by atoms with van der Waals surface area (Å²) in [6.45, 7) is -5.42. The molecule has 10 heteroatoms. The highest BCUT2D eigenvalue weighted by Gasteiger charge is 2.25. The van der Waals surface area contributed by atoms with Crippen molar-refractivity contribution in [1.29, 1.82) is 0 Å². The van der Waals surface area contributed by atoms with Crippen LogP contribution in [0.2, 0.25) is 4.47 Å². The highest BCUT2D eigenvalue weighted by Crippen LogP contribution is 2.20. The molecule has 0 aromatic carbocycles. The average molecular weight is 296 g/mol. The van der Waals surface area contributed by atoms with Crippen LogP contribution in [0.15, 0.2) is 11.3 Å². The fraction of sp³-hybridized carbons (Fsp3) is 0.500. The van der Waals surface area contributed by atoms with Crippen LogP contribution in [0.1, 0.15) is 10.4 Å². The predicted octanol–water partition coefficient (Wildman–Crippen LogP) is 1.02. The first-order chi connectivity index (χ1) is 10.0. The Hall–Kier alpha value is -1.45. The van der Waals surface area contributed by atoms with Gasteiger partial charge in [0.1, 0.15) is 18.5 Å². The molecule has 1 aliphatic rings. The highest BCUT2D eigenvalue weighted by atomic mass is 35.5. The van der Waals surface area contributed by atoms with Gasteiger partial charge in [-0.25, -0.2) is 15.1 Å². The van der Waals surface area contributed by atoms with Crippen LogP contribution in [0, 0.1) is 10.1 Å². The quantitative estimate of drug-likeness (QED) is 0.611. The summed E-state index contributed by atoms with van der Waals surface area (Å²) >= 11 is 6.76. The Bertz CT molecular complexity index is 627. The molecule has 0 atom stereocenters. The maximum absolute atomic E-state index is 10.7. The van der Waals surface area contributed by atoms with Crippen LogP contribution in [0.5, 0.6) is 0 Å². The van der Waals surface area contributed by atoms with E-state index in [0.29, 0.717) is 4.88 Å². The van der Waals surface area contributed by atoms with Gasteiger partial charge in [0, 0.05) is 18.1 Å². The van der Waals surface area contributed by atoms with Crippen molar-refractivity contribution in [3.8, 4) is 0 Å². The summed E-state index contributed by atoms with van der Waals surface area (Å²) in [5.41, 5.74) is 0. The Labute approximate surface area is 117 Å². The third kappa shape index (κ3) is 3.06. The SMILES string of the molecule is [2H]C1([2H])OC([2H])([2H])N(Cc2cnc(Cl)s2)/C(=N\[N+](=O)[O-])N1C. The average Bonchev–Trinajstić information content (AvgIpc) is 2.75. The van der Waals surface area contributed by atoms with Gasteiger partial charge in [0.25, 0.3) is 5.96 Å². The predicted molar refractivity (Wildman–Crippen MR) is 65.7 cm³/mol. The lowest BCUT2D eigenvalue weighted by atomic mass is 10.5. The van der Waals surface area contributed by atoms with Crippen molar-refractivity contribution in [2.45, 2.75) is 6.54 Å². The van der Waals surface area contributed by atoms with Crippen LogP contribution < -0.4 is 0 Å². The number of hydrogen-bond acceptors (Lipinski definition) is 5. The molecule has 98 valence electrons. The fourth-order valence-corrected chi connectivity index (χ4v) is 2.18. The normalized spacial score (nSPS) is 27.3. The summed E-state index contributed by atoms with van der Waals surface area (Å²) in [6.07, 6.45) is 1.39. The van der Waals surface area contributed by atoms with Gasteiger partial charge in [-0.15, -0.1) is 11.3 Å². The molecule has 1 saturated heterocycles. The number of aromatic nitrogens is 1. The molecule has 0 N–H and O–H groups in total. The Morgan fingerprint density at radius 1 is 1.83 bits per heavy atom. The summed E-state index contributed by atoms with van der Waals surface area (Å²) in [5, 5.41) is 12.7. The van der Waals surface area contributed by atoms with Gasteiger partial charge in [-0.3, -0.25) is 0 Å². The first-order valence-electron chi connectivity index (χ1n) is 6.58. The van der Waals surface area contributed by atoms with Crippen LogP contribution in [0.25, 0.3) is 0 Å². The summed E-state index contributed by atoms with van der Waals surface area (Å²) in [4.78, 5) is 16.5. The van der Waals surface area contributed by atoms with Crippen LogP contribution in [0.4, 0.5) is 0 Å². The molecule has 8 nitrogen and oxygen atoms in total. The molecule has 0 unspecified atom stereocenters. The fourth-order valence-electron chi connectivity index (χ4n) is 1.22. The number of hydrazone groups is 1. The number of rotatable bonds is 3. The zero-order valence-electron chi connectivity index (χ0n) is 13.0. The smallest absolute Gasteiger partial charge is 0.277 e. The second kappa shape index (κ2) is 5.46. The minimum absolute atomic E-state index is 0.176. The van der Waals surface area contributed by atoms with Gasteiger partial charge >= 0.3 is 0 Å². The monoisotopic (exact) mass is 295 g/mol. The number of nitro groups is 1. The van der Waals surface area contributed by atoms with Gasteiger partial charge in [-0.05, 0) is 0 Å². The van der Waals surface area contributed by atoms with Crippen molar-refractivity contribution in [2.75, 3.05) is 20.4 Å². The summed E-state index contributed by atoms with van der Waals surface area (Å²) < 4.78 is 35.8. The number of hydrogen-bond donors (Lipinski definition) is 0. The van der Waals surface area contributed by atoms with Gasteiger partial charge in [-0.1, -0.05) is 11.6 Å². The molecule has 18 heavy (non-hydrogen) atoms. The molecule has 0 amide bonds. The van der Waals surface area contributed by atoms with E-state index >= 15 is 0 Å². The van der Waals surface area contributed by atoms with Crippen molar-refractivity contribution < 1.29 is 15.3 Å². The van der Waals surface area contributed by atoms with E-state index in [9.17, 15) is 10.1 Å². The molecular weight excluding hydrogens is 282 g/mol. The van der Waals surface area contributed by atoms with E-state index < -0.39 is 24.4 Å². The van der Waals surface area contributed by atoms with Crippen molar-refractivity contribution in [3.63, 3.8) is 0 Å². The molecule has 0 bridgehead atoms. The lowest BCUT2D eigenvalue weighted by molar-refractivity contribution is -0.486. The molecule has 0 aliphatic carbocycles. The van der Waals surface area contributed by atoms with Crippen LogP contribution in [-0.2, 0) is 11.3 Å². The Morgan fingerprint density at radius 2 is 2.61 bits per heavy atom. The molecule has 2 rings (SSSR count). The highest BCUT2D eigenvalue weighted by molar-refractivity contribution is 7.15. The van der Waals surface area contributed by atoms with Gasteiger partial charge in [-0.2, -0.15) is 0 Å². The lowest BCUT2D eigenvalue weighted by Crippen LogP contribution is -2.49. The minimum Gasteiger partial charge on any atom is -0.341 e. The molecule has 2 heterocycles. The minimum atomic E-state index is -2.65. The number of ether oxygens (including phenoxy) is 1. The van der Waals surface area contributed by atoms with Crippen LogP contribution >= 0.6 is 22.9 Å². The van der Waals surface area contributed by atoms with E-state index in [1.807, 2.05) is 0 Å². The summed E-state index contributed by atoms with van der Waals surface area (Å²) in [7, 11) is 1.17. The standard InChI is InChI=1S/C8H10ClN5O3S/c1-12-4-17-5-13(8(12)11-14(15)16)3-6-2-10-7(9)18-6/h2H,3-5H2,1H3/b11-8-/i4D2,5D2. The largest absolute Gasteiger partial charge is 0.341 e. The molecule has 1 aromatic rings. The molecule has 0 saturated carbocycles. The Kier molecular flexibility index (Phi) is 2.61. The van der Waals surface area contributed by atoms with E-state index in [1.54, 1.807) is 0 Å². The number of nitrogens with zero attached hydrogens (tertiary/aromatic N) is 5. The van der Waals surface area contributed by atoms with Crippen LogP contribution in [0.3, 0.4) is 0 Å². The molecule has 1 aromatic heterocycles. The Balaban J connectivity index is 2.43. The van der Waals surface area contributed by atoms with Crippen molar-refractivity contribution in [1.82, 2.24) is 14.8 Å². The first-order valence-corrected chi connectivity index (χ1v) is 5.77. The maximum atomic E-state index is 10.7. The molecule has 1 fully saturated rings. The van der Waals surface area contributed by atoms with Crippen molar-refractivity contribution in [2.24, 2.45) is 5.10 Å². The summed E-state index contributed by atoms with van der Waals surface area (Å²) in [5.74, 6) is -0.518. The van der Waals surface area contributed by atoms with E-state index in [1.165, 1.54) is 13.2 Å². The Morgan fingerprint density at radius 3 is 3.22 bits per heavy atom. The molecular formula is C8H10ClN5O3S. The number of guanidine groups is 1. The summed E-state index contributed by atoms with van der Waals surface area (Å²) in [6, 6.07) is 0. The zero-order chi connectivity index (χ0) is 16.7. The van der Waals surface area contributed by atoms with Crippen molar-refractivity contribution in [3.05, 3.63) is 25.7 Å². The maximum Gasteiger partial charge on any atom is 0.277 e. The molecule has 0 spiro atoms. The second-order valence-corrected chi connectivity index (χ2v) is 4.84. The van der Waals surface area contributed by atoms with E-state index in [0.717, 1.165) is 21.1 Å². The van der Waals surface area contributed by atoms with E-state index in [2.05, 4.69) is 10.1 Å². The van der Waals surface area contributed by atoms with Gasteiger partial charge in [0.2, 0.25) is 0 Å². The molecule has 0 radical (unpaired) electrons. The first kappa shape index (κ1) is 8.62.